The Morgan fingerprint density at radius 3 is 2.71 bits per heavy atom. The molecule has 152 valence electrons. The molecule has 3 aliphatic rings. The van der Waals surface area contributed by atoms with E-state index in [1.165, 1.54) is 0 Å². The number of ether oxygens (including phenoxy) is 2. The van der Waals surface area contributed by atoms with Gasteiger partial charge in [-0.2, -0.15) is 0 Å². The Bertz CT molecular complexity index is 761. The maximum atomic E-state index is 12.1. The van der Waals surface area contributed by atoms with Gasteiger partial charge in [0.05, 0.1) is 19.1 Å². The topological polar surface area (TPSA) is 88.1 Å². The zero-order valence-electron chi connectivity index (χ0n) is 16.4. The summed E-state index contributed by atoms with van der Waals surface area (Å²) in [7, 11) is 3.45. The van der Waals surface area contributed by atoms with Crippen LogP contribution in [0.2, 0.25) is 0 Å². The minimum Gasteiger partial charge on any atom is -0.487 e. The van der Waals surface area contributed by atoms with E-state index in [1.807, 2.05) is 18.2 Å². The normalized spacial score (nSPS) is 28.1. The first-order valence-electron chi connectivity index (χ1n) is 10.0. The lowest BCUT2D eigenvalue weighted by atomic mass is 9.84. The van der Waals surface area contributed by atoms with Gasteiger partial charge in [0.1, 0.15) is 18.0 Å². The van der Waals surface area contributed by atoms with Crippen LogP contribution >= 0.6 is 0 Å². The van der Waals surface area contributed by atoms with Crippen LogP contribution in [0.1, 0.15) is 43.6 Å². The molecule has 7 heteroatoms. The quantitative estimate of drug-likeness (QED) is 0.777. The second-order valence-corrected chi connectivity index (χ2v) is 8.34. The fraction of sp³-hybridized carbons (Fsp3) is 0.619. The van der Waals surface area contributed by atoms with Crippen LogP contribution in [-0.4, -0.2) is 60.8 Å². The zero-order chi connectivity index (χ0) is 19.8. The highest BCUT2D eigenvalue weighted by molar-refractivity contribution is 5.91. The molecule has 1 aromatic carbocycles. The molecule has 1 aliphatic carbocycles. The summed E-state index contributed by atoms with van der Waals surface area (Å²) in [5.74, 6) is 1.38. The summed E-state index contributed by atoms with van der Waals surface area (Å²) in [6.45, 7) is -0.160. The Labute approximate surface area is 165 Å². The fourth-order valence-corrected chi connectivity index (χ4v) is 4.14. The Morgan fingerprint density at radius 1 is 1.25 bits per heavy atom. The number of nitrogens with one attached hydrogen (secondary N) is 1. The molecule has 1 saturated carbocycles. The molecule has 0 unspecified atom stereocenters. The molecule has 0 bridgehead atoms. The summed E-state index contributed by atoms with van der Waals surface area (Å²) < 4.78 is 12.0. The minimum atomic E-state index is -0.473. The number of nitrogens with zero attached hydrogens (tertiary/aromatic N) is 1. The lowest BCUT2D eigenvalue weighted by molar-refractivity contribution is -0.147. The van der Waals surface area contributed by atoms with Crippen molar-refractivity contribution in [3.63, 3.8) is 0 Å². The first-order valence-corrected chi connectivity index (χ1v) is 10.0. The van der Waals surface area contributed by atoms with Gasteiger partial charge < -0.3 is 24.8 Å². The van der Waals surface area contributed by atoms with Crippen LogP contribution in [0.5, 0.6) is 5.75 Å². The predicted molar refractivity (Wildman–Crippen MR) is 103 cm³/mol. The van der Waals surface area contributed by atoms with E-state index in [-0.39, 0.29) is 43.0 Å². The smallest absolute Gasteiger partial charge is 0.224 e. The Hall–Kier alpha value is -2.12. The number of aliphatic hydroxyl groups excluding tert-OH is 1. The van der Waals surface area contributed by atoms with Crippen LogP contribution in [0.3, 0.4) is 0 Å². The number of rotatable bonds is 6. The molecule has 2 fully saturated rings. The van der Waals surface area contributed by atoms with Crippen LogP contribution < -0.4 is 10.1 Å². The summed E-state index contributed by atoms with van der Waals surface area (Å²) >= 11 is 0. The van der Waals surface area contributed by atoms with Crippen molar-refractivity contribution in [2.75, 3.05) is 26.0 Å². The largest absolute Gasteiger partial charge is 0.487 e. The molecule has 0 radical (unpaired) electrons. The molecule has 4 rings (SSSR count). The highest BCUT2D eigenvalue weighted by Crippen LogP contribution is 2.47. The molecule has 28 heavy (non-hydrogen) atoms. The number of fused-ring (bicyclic) bond motifs is 3. The van der Waals surface area contributed by atoms with Crippen molar-refractivity contribution >= 4 is 17.5 Å². The van der Waals surface area contributed by atoms with E-state index in [9.17, 15) is 14.7 Å². The Balaban J connectivity index is 1.50. The number of benzene rings is 1. The van der Waals surface area contributed by atoms with Crippen LogP contribution in [0, 0.1) is 5.92 Å². The molecule has 4 atom stereocenters. The molecule has 0 spiro atoms. The summed E-state index contributed by atoms with van der Waals surface area (Å²) in [4.78, 5) is 25.8. The van der Waals surface area contributed by atoms with Crippen LogP contribution in [0.25, 0.3) is 0 Å². The van der Waals surface area contributed by atoms with Gasteiger partial charge in [0.25, 0.3) is 0 Å². The molecule has 1 saturated heterocycles. The van der Waals surface area contributed by atoms with Crippen molar-refractivity contribution in [2.24, 2.45) is 5.92 Å². The molecular formula is C21H28N2O5. The van der Waals surface area contributed by atoms with Gasteiger partial charge in [-0.25, -0.2) is 0 Å². The van der Waals surface area contributed by atoms with Crippen LogP contribution in [-0.2, 0) is 14.3 Å². The van der Waals surface area contributed by atoms with E-state index in [1.54, 1.807) is 19.0 Å². The van der Waals surface area contributed by atoms with Crippen molar-refractivity contribution < 1.29 is 24.2 Å². The Morgan fingerprint density at radius 2 is 2.04 bits per heavy atom. The molecule has 2 heterocycles. The maximum absolute atomic E-state index is 12.1. The number of amides is 2. The van der Waals surface area contributed by atoms with Gasteiger partial charge in [-0.3, -0.25) is 9.59 Å². The van der Waals surface area contributed by atoms with E-state index < -0.39 is 6.10 Å². The van der Waals surface area contributed by atoms with E-state index in [0.29, 0.717) is 18.8 Å². The number of anilines is 1. The van der Waals surface area contributed by atoms with Gasteiger partial charge in [0, 0.05) is 37.7 Å². The van der Waals surface area contributed by atoms with Crippen molar-refractivity contribution in [1.29, 1.82) is 0 Å². The summed E-state index contributed by atoms with van der Waals surface area (Å²) in [5, 5.41) is 12.8. The third-order valence-electron chi connectivity index (χ3n) is 5.86. The maximum Gasteiger partial charge on any atom is 0.224 e. The summed E-state index contributed by atoms with van der Waals surface area (Å²) in [6.07, 6.45) is 2.77. The van der Waals surface area contributed by atoms with Crippen LogP contribution in [0.15, 0.2) is 18.2 Å². The summed E-state index contributed by atoms with van der Waals surface area (Å²) in [6, 6.07) is 5.69. The minimum absolute atomic E-state index is 0.000341. The van der Waals surface area contributed by atoms with Gasteiger partial charge in [0.2, 0.25) is 11.8 Å². The monoisotopic (exact) mass is 388 g/mol. The van der Waals surface area contributed by atoms with Gasteiger partial charge >= 0.3 is 0 Å². The second kappa shape index (κ2) is 7.72. The highest BCUT2D eigenvalue weighted by Gasteiger charge is 2.46. The SMILES string of the molecule is CN(C)C(=O)C[C@@H]1C[C@@H]2c3cc(NC(=O)CC4CC4)ccc3O[C@@H]2[C@H](CO)O1. The van der Waals surface area contributed by atoms with Gasteiger partial charge in [0.15, 0.2) is 0 Å². The zero-order valence-corrected chi connectivity index (χ0v) is 16.4. The molecule has 2 amide bonds. The van der Waals surface area contributed by atoms with Crippen molar-refractivity contribution in [3.05, 3.63) is 23.8 Å². The van der Waals surface area contributed by atoms with Gasteiger partial charge in [-0.15, -0.1) is 0 Å². The number of hydrogen-bond donors (Lipinski definition) is 2. The van der Waals surface area contributed by atoms with E-state index in [2.05, 4.69) is 5.32 Å². The first-order chi connectivity index (χ1) is 13.4. The van der Waals surface area contributed by atoms with Crippen molar-refractivity contribution in [3.8, 4) is 5.75 Å². The van der Waals surface area contributed by atoms with Crippen molar-refractivity contribution in [1.82, 2.24) is 4.90 Å². The third kappa shape index (κ3) is 4.00. The summed E-state index contributed by atoms with van der Waals surface area (Å²) in [5.41, 5.74) is 1.78. The van der Waals surface area contributed by atoms with Crippen molar-refractivity contribution in [2.45, 2.75) is 56.3 Å². The van der Waals surface area contributed by atoms with Gasteiger partial charge in [-0.1, -0.05) is 0 Å². The van der Waals surface area contributed by atoms with Crippen LogP contribution in [0.4, 0.5) is 5.69 Å². The van der Waals surface area contributed by atoms with E-state index >= 15 is 0 Å². The number of hydrogen-bond acceptors (Lipinski definition) is 5. The lowest BCUT2D eigenvalue weighted by Crippen LogP contribution is -2.47. The number of aliphatic hydroxyl groups is 1. The third-order valence-corrected chi connectivity index (χ3v) is 5.86. The second-order valence-electron chi connectivity index (χ2n) is 8.34. The molecule has 2 aliphatic heterocycles. The van der Waals surface area contributed by atoms with E-state index in [0.717, 1.165) is 29.8 Å². The lowest BCUT2D eigenvalue weighted by Gasteiger charge is -2.37. The highest BCUT2D eigenvalue weighted by atomic mass is 16.6. The average molecular weight is 388 g/mol. The molecule has 0 aromatic heterocycles. The molecular weight excluding hydrogens is 360 g/mol. The average Bonchev–Trinajstić information content (AvgIpc) is 3.39. The standard InChI is InChI=1S/C21H28N2O5/c1-23(2)20(26)10-14-9-16-15-8-13(22-19(25)7-12-3-4-12)5-6-17(15)28-21(16)18(11-24)27-14/h5-6,8,12,14,16,18,21,24H,3-4,7,9-11H2,1-2H3,(H,22,25)/t14-,16+,18-,21-/m0/s1. The molecule has 2 N–H and O–H groups in total. The van der Waals surface area contributed by atoms with Gasteiger partial charge in [-0.05, 0) is 43.4 Å². The fourth-order valence-electron chi connectivity index (χ4n) is 4.14. The predicted octanol–water partition coefficient (Wildman–Crippen LogP) is 1.90. The molecule has 7 nitrogen and oxygen atoms in total. The first kappa shape index (κ1) is 19.2. The number of carbonyl (C=O) groups is 2. The molecule has 1 aromatic rings. The Kier molecular flexibility index (Phi) is 5.29. The van der Waals surface area contributed by atoms with E-state index in [4.69, 9.17) is 9.47 Å². The number of carbonyl (C=O) groups excluding carboxylic acids is 2.